The number of anilines is 1. The van der Waals surface area contributed by atoms with Crippen LogP contribution in [0.25, 0.3) is 0 Å². The largest absolute Gasteiger partial charge is 0.427 e. The van der Waals surface area contributed by atoms with E-state index in [4.69, 9.17) is 9.47 Å². The van der Waals surface area contributed by atoms with Gasteiger partial charge in [-0.15, -0.1) is 0 Å². The fourth-order valence-electron chi connectivity index (χ4n) is 2.26. The van der Waals surface area contributed by atoms with E-state index in [2.05, 4.69) is 5.32 Å². The molecular formula is C17H22N2O4. The van der Waals surface area contributed by atoms with Crippen LogP contribution in [0.1, 0.15) is 46.1 Å². The first-order chi connectivity index (χ1) is 10.9. The first-order valence-electron chi connectivity index (χ1n) is 7.54. The number of amides is 1. The van der Waals surface area contributed by atoms with Crippen molar-refractivity contribution in [3.05, 3.63) is 23.8 Å². The average molecular weight is 318 g/mol. The predicted octanol–water partition coefficient (Wildman–Crippen LogP) is 3.02. The van der Waals surface area contributed by atoms with Gasteiger partial charge in [-0.1, -0.05) is 13.3 Å². The van der Waals surface area contributed by atoms with Gasteiger partial charge in [0.15, 0.2) is 0 Å². The van der Waals surface area contributed by atoms with E-state index in [1.165, 1.54) is 25.1 Å². The van der Waals surface area contributed by atoms with Crippen molar-refractivity contribution < 1.29 is 19.1 Å². The Morgan fingerprint density at radius 2 is 2.04 bits per heavy atom. The van der Waals surface area contributed by atoms with Crippen LogP contribution in [-0.2, 0) is 14.3 Å². The molecule has 0 saturated heterocycles. The molecule has 6 heteroatoms. The van der Waals surface area contributed by atoms with Crippen LogP contribution in [0.15, 0.2) is 18.2 Å². The second-order valence-corrected chi connectivity index (χ2v) is 5.28. The van der Waals surface area contributed by atoms with Gasteiger partial charge in [0.1, 0.15) is 17.4 Å². The summed E-state index contributed by atoms with van der Waals surface area (Å²) in [6.07, 6.45) is 1.36. The lowest BCUT2D eigenvalue weighted by Gasteiger charge is -2.28. The van der Waals surface area contributed by atoms with Crippen LogP contribution in [0.2, 0.25) is 0 Å². The number of rotatable bonds is 7. The molecule has 1 rings (SSSR count). The number of nitriles is 1. The normalized spacial score (nSPS) is 12.8. The van der Waals surface area contributed by atoms with Gasteiger partial charge in [0.2, 0.25) is 0 Å². The van der Waals surface area contributed by atoms with E-state index in [1.54, 1.807) is 6.92 Å². The van der Waals surface area contributed by atoms with E-state index in [-0.39, 0.29) is 17.2 Å². The third-order valence-corrected chi connectivity index (χ3v) is 3.29. The maximum Gasteiger partial charge on any atom is 0.308 e. The minimum atomic E-state index is -0.954. The molecule has 1 N–H and O–H groups in total. The monoisotopic (exact) mass is 318 g/mol. The van der Waals surface area contributed by atoms with Crippen molar-refractivity contribution in [2.75, 3.05) is 11.9 Å². The molecule has 0 aromatic heterocycles. The number of benzene rings is 1. The molecule has 1 atom stereocenters. The molecule has 0 radical (unpaired) electrons. The maximum atomic E-state index is 12.5. The topological polar surface area (TPSA) is 88.4 Å². The summed E-state index contributed by atoms with van der Waals surface area (Å²) in [6, 6.07) is 6.45. The minimum Gasteiger partial charge on any atom is -0.427 e. The molecule has 1 unspecified atom stereocenters. The van der Waals surface area contributed by atoms with Crippen LogP contribution in [-0.4, -0.2) is 24.1 Å². The zero-order valence-electron chi connectivity index (χ0n) is 13.9. The molecule has 0 saturated carbocycles. The number of carbonyl (C=O) groups excluding carboxylic acids is 2. The highest BCUT2D eigenvalue weighted by Crippen LogP contribution is 2.25. The third kappa shape index (κ3) is 5.08. The summed E-state index contributed by atoms with van der Waals surface area (Å²) in [5.74, 6) is -0.524. The van der Waals surface area contributed by atoms with E-state index in [9.17, 15) is 14.9 Å². The standard InChI is InChI=1S/C17H22N2O4/c1-5-9-17(4,22-6-2)16(21)19-15-8-7-14(23-12(3)20)10-13(15)11-18/h7-8,10H,5-6,9H2,1-4H3,(H,19,21). The van der Waals surface area contributed by atoms with Gasteiger partial charge in [-0.25, -0.2) is 0 Å². The Labute approximate surface area is 136 Å². The van der Waals surface area contributed by atoms with E-state index in [0.29, 0.717) is 18.7 Å². The summed E-state index contributed by atoms with van der Waals surface area (Å²) in [5.41, 5.74) is -0.381. The lowest BCUT2D eigenvalue weighted by atomic mass is 9.98. The number of carbonyl (C=O) groups is 2. The summed E-state index contributed by atoms with van der Waals surface area (Å²) < 4.78 is 10.5. The first-order valence-corrected chi connectivity index (χ1v) is 7.54. The lowest BCUT2D eigenvalue weighted by Crippen LogP contribution is -2.42. The molecule has 1 aromatic rings. The fourth-order valence-corrected chi connectivity index (χ4v) is 2.26. The Kier molecular flexibility index (Phi) is 6.73. The average Bonchev–Trinajstić information content (AvgIpc) is 2.48. The van der Waals surface area contributed by atoms with Gasteiger partial charge in [-0.3, -0.25) is 9.59 Å². The molecule has 23 heavy (non-hydrogen) atoms. The molecule has 0 aliphatic carbocycles. The molecule has 6 nitrogen and oxygen atoms in total. The molecule has 1 amide bonds. The van der Waals surface area contributed by atoms with Crippen LogP contribution in [0, 0.1) is 11.3 Å². The third-order valence-electron chi connectivity index (χ3n) is 3.29. The summed E-state index contributed by atoms with van der Waals surface area (Å²) in [5, 5.41) is 12.0. The van der Waals surface area contributed by atoms with Gasteiger partial charge in [-0.2, -0.15) is 5.26 Å². The maximum absolute atomic E-state index is 12.5. The van der Waals surface area contributed by atoms with E-state index < -0.39 is 11.6 Å². The highest BCUT2D eigenvalue weighted by Gasteiger charge is 2.33. The molecule has 0 spiro atoms. The molecular weight excluding hydrogens is 296 g/mol. The van der Waals surface area contributed by atoms with Gasteiger partial charge in [0, 0.05) is 19.6 Å². The number of hydrogen-bond donors (Lipinski definition) is 1. The van der Waals surface area contributed by atoms with Crippen molar-refractivity contribution in [2.45, 2.75) is 46.1 Å². The van der Waals surface area contributed by atoms with Crippen LogP contribution in [0.5, 0.6) is 5.75 Å². The lowest BCUT2D eigenvalue weighted by molar-refractivity contribution is -0.139. The van der Waals surface area contributed by atoms with Crippen LogP contribution in [0.4, 0.5) is 5.69 Å². The molecule has 0 aliphatic rings. The summed E-state index contributed by atoms with van der Waals surface area (Å²) in [7, 11) is 0. The molecule has 1 aromatic carbocycles. The van der Waals surface area contributed by atoms with Gasteiger partial charge >= 0.3 is 5.97 Å². The zero-order valence-corrected chi connectivity index (χ0v) is 13.9. The number of nitrogens with one attached hydrogen (secondary N) is 1. The number of esters is 1. The van der Waals surface area contributed by atoms with Gasteiger partial charge < -0.3 is 14.8 Å². The van der Waals surface area contributed by atoms with Crippen LogP contribution >= 0.6 is 0 Å². The molecule has 0 aliphatic heterocycles. The summed E-state index contributed by atoms with van der Waals surface area (Å²) in [4.78, 5) is 23.5. The van der Waals surface area contributed by atoms with Crippen molar-refractivity contribution in [3.8, 4) is 11.8 Å². The Balaban J connectivity index is 3.01. The van der Waals surface area contributed by atoms with E-state index >= 15 is 0 Å². The Hall–Kier alpha value is -2.39. The Bertz CT molecular complexity index is 614. The Morgan fingerprint density at radius 1 is 1.35 bits per heavy atom. The van der Waals surface area contributed by atoms with Crippen LogP contribution in [0.3, 0.4) is 0 Å². The number of hydrogen-bond acceptors (Lipinski definition) is 5. The summed E-state index contributed by atoms with van der Waals surface area (Å²) >= 11 is 0. The van der Waals surface area contributed by atoms with E-state index in [1.807, 2.05) is 19.9 Å². The van der Waals surface area contributed by atoms with E-state index in [0.717, 1.165) is 6.42 Å². The Morgan fingerprint density at radius 3 is 2.57 bits per heavy atom. The zero-order chi connectivity index (χ0) is 17.5. The van der Waals surface area contributed by atoms with Crippen molar-refractivity contribution in [2.24, 2.45) is 0 Å². The van der Waals surface area contributed by atoms with Gasteiger partial charge in [0.25, 0.3) is 5.91 Å². The quantitative estimate of drug-likeness (QED) is 0.616. The highest BCUT2D eigenvalue weighted by molar-refractivity contribution is 5.98. The molecule has 0 fully saturated rings. The minimum absolute atomic E-state index is 0.215. The first kappa shape index (κ1) is 18.7. The molecule has 124 valence electrons. The SMILES string of the molecule is CCCC(C)(OCC)C(=O)Nc1ccc(OC(C)=O)cc1C#N. The molecule has 0 heterocycles. The van der Waals surface area contributed by atoms with Gasteiger partial charge in [-0.05, 0) is 32.4 Å². The molecule has 0 bridgehead atoms. The second kappa shape index (κ2) is 8.30. The van der Waals surface area contributed by atoms with Crippen molar-refractivity contribution in [3.63, 3.8) is 0 Å². The van der Waals surface area contributed by atoms with Crippen molar-refractivity contribution >= 4 is 17.6 Å². The van der Waals surface area contributed by atoms with Crippen molar-refractivity contribution in [1.29, 1.82) is 5.26 Å². The van der Waals surface area contributed by atoms with Gasteiger partial charge in [0.05, 0.1) is 11.3 Å². The second-order valence-electron chi connectivity index (χ2n) is 5.28. The number of nitrogens with zero attached hydrogens (tertiary/aromatic N) is 1. The predicted molar refractivity (Wildman–Crippen MR) is 86.0 cm³/mol. The van der Waals surface area contributed by atoms with Crippen molar-refractivity contribution in [1.82, 2.24) is 0 Å². The smallest absolute Gasteiger partial charge is 0.308 e. The van der Waals surface area contributed by atoms with Crippen LogP contribution < -0.4 is 10.1 Å². The highest BCUT2D eigenvalue weighted by atomic mass is 16.5. The number of ether oxygens (including phenoxy) is 2. The summed E-state index contributed by atoms with van der Waals surface area (Å²) in [6.45, 7) is 7.23. The fraction of sp³-hybridized carbons (Fsp3) is 0.471.